The topological polar surface area (TPSA) is 459 Å². The van der Waals surface area contributed by atoms with Gasteiger partial charge in [0.15, 0.2) is 5.96 Å². The average molecular weight is 1310 g/mol. The number of aliphatic imine (C=N–C) groups is 1. The number of rotatable bonds is 30. The number of nitrogens with one attached hydrogen (secondary N) is 8. The predicted octanol–water partition coefficient (Wildman–Crippen LogP) is -2.08. The molecule has 0 bridgehead atoms. The number of guanidine groups is 1. The number of aliphatic carboxylic acids is 1. The lowest BCUT2D eigenvalue weighted by atomic mass is 9.99. The molecule has 0 aromatic heterocycles. The molecule has 9 atom stereocenters. The molecule has 3 aliphatic rings. The minimum atomic E-state index is -5.08. The quantitative estimate of drug-likeness (QED) is 0.0193. The third-order valence-corrected chi connectivity index (χ3v) is 15.2. The number of aliphatic hydroxyl groups excluding tert-OH is 1. The second kappa shape index (κ2) is 35.6. The molecule has 9 unspecified atom stereocenters. The number of carbonyl (C=O) groups excluding carboxylic acids is 11. The molecule has 3 heterocycles. The molecule has 3 aliphatic heterocycles. The highest BCUT2D eigenvalue weighted by molar-refractivity contribution is 5.99. The number of alkyl halides is 3. The maximum Gasteiger partial charge on any atom is 0.490 e. The fourth-order valence-corrected chi connectivity index (χ4v) is 10.6. The van der Waals surface area contributed by atoms with E-state index < -0.39 is 139 Å². The summed E-state index contributed by atoms with van der Waals surface area (Å²) in [6, 6.07) is 11.9. The first-order valence-electron chi connectivity index (χ1n) is 30.2. The van der Waals surface area contributed by atoms with Crippen LogP contribution in [0.25, 0.3) is 0 Å². The van der Waals surface area contributed by atoms with Gasteiger partial charge in [0.1, 0.15) is 60.1 Å². The molecular formula is C61H81F3N14O15. The van der Waals surface area contributed by atoms with Crippen molar-refractivity contribution in [2.75, 3.05) is 32.8 Å². The molecule has 29 nitrogen and oxygen atoms in total. The summed E-state index contributed by atoms with van der Waals surface area (Å²) in [5.74, 6) is -11.0. The van der Waals surface area contributed by atoms with Crippen LogP contribution < -0.4 is 59.7 Å². The number of halogens is 3. The van der Waals surface area contributed by atoms with Gasteiger partial charge in [-0.15, -0.1) is 0 Å². The Bertz CT molecular complexity index is 3140. The first-order chi connectivity index (χ1) is 44.0. The van der Waals surface area contributed by atoms with Crippen LogP contribution in [-0.4, -0.2) is 195 Å². The van der Waals surface area contributed by atoms with Gasteiger partial charge in [-0.25, -0.2) is 4.79 Å². The van der Waals surface area contributed by atoms with Crippen molar-refractivity contribution < 1.29 is 86.0 Å². The number of primary amides is 1. The van der Waals surface area contributed by atoms with Crippen LogP contribution in [0.2, 0.25) is 0 Å². The number of phenols is 1. The Kier molecular flexibility index (Phi) is 28.3. The highest BCUT2D eigenvalue weighted by Crippen LogP contribution is 2.23. The van der Waals surface area contributed by atoms with Crippen LogP contribution >= 0.6 is 0 Å². The maximum atomic E-state index is 14.7. The van der Waals surface area contributed by atoms with E-state index >= 15 is 0 Å². The van der Waals surface area contributed by atoms with Crippen molar-refractivity contribution >= 4 is 76.9 Å². The van der Waals surface area contributed by atoms with Crippen LogP contribution in [0.1, 0.15) is 88.3 Å². The summed E-state index contributed by atoms with van der Waals surface area (Å²) in [6.07, 6.45) is -3.47. The summed E-state index contributed by atoms with van der Waals surface area (Å²) in [5.41, 5.74) is 18.1. The van der Waals surface area contributed by atoms with Crippen LogP contribution in [0, 0.1) is 5.92 Å². The highest BCUT2D eigenvalue weighted by atomic mass is 19.4. The zero-order valence-corrected chi connectivity index (χ0v) is 51.3. The lowest BCUT2D eigenvalue weighted by Gasteiger charge is -2.31. The van der Waals surface area contributed by atoms with E-state index in [4.69, 9.17) is 27.1 Å². The summed E-state index contributed by atoms with van der Waals surface area (Å²) < 4.78 is 31.7. The summed E-state index contributed by atoms with van der Waals surface area (Å²) >= 11 is 0. The standard InChI is InChI=1S/C59H80N14O13.C2HF3O2/c1-34(2)28-41(51(79)66-40(16-9-25-63-59(61)62)57(85)72-26-10-17-46(72)55(83)64-32-48(60)76)67-52(80)42(29-35-12-5-3-6-13-35)68-53(81)43(30-37-19-21-38(75)22-20-37)69-54(82)45(33-74)71-56(84)47-18-11-27-73(47)58(86)44(31-36-14-7-4-8-15-36)70-50(78)39-23-24-49(77)65-39;3-2(4,5)1(6)7/h3-8,12-15,19-22,34,39-47,74-75H,9-11,16-18,23-33H2,1-2H3,(H2,60,76)(H,64,83)(H,65,77)(H,66,79)(H,67,80)(H,68,81)(H,69,82)(H,70,78)(H,71,84)(H4,61,62,63);(H,6,7). The molecule has 3 saturated heterocycles. The van der Waals surface area contributed by atoms with Gasteiger partial charge in [0.2, 0.25) is 65.0 Å². The number of aromatic hydroxyl groups is 1. The molecule has 506 valence electrons. The van der Waals surface area contributed by atoms with Gasteiger partial charge in [-0.05, 0) is 86.1 Å². The molecule has 3 fully saturated rings. The Morgan fingerprint density at radius 3 is 1.54 bits per heavy atom. The molecule has 0 aliphatic carbocycles. The van der Waals surface area contributed by atoms with E-state index in [1.807, 2.05) is 0 Å². The number of benzene rings is 3. The largest absolute Gasteiger partial charge is 0.508 e. The molecule has 11 amide bonds. The van der Waals surface area contributed by atoms with Gasteiger partial charge in [-0.2, -0.15) is 13.2 Å². The first-order valence-corrected chi connectivity index (χ1v) is 30.2. The lowest BCUT2D eigenvalue weighted by molar-refractivity contribution is -0.192. The van der Waals surface area contributed by atoms with E-state index in [0.29, 0.717) is 29.5 Å². The van der Waals surface area contributed by atoms with Gasteiger partial charge >= 0.3 is 12.1 Å². The second-order valence-electron chi connectivity index (χ2n) is 22.9. The number of carbonyl (C=O) groups is 12. The maximum absolute atomic E-state index is 14.7. The molecule has 17 N–H and O–H groups in total. The number of nitrogens with two attached hydrogens (primary N) is 3. The number of hydrogen-bond acceptors (Lipinski definition) is 15. The highest BCUT2D eigenvalue weighted by Gasteiger charge is 2.43. The van der Waals surface area contributed by atoms with E-state index in [9.17, 15) is 76.1 Å². The lowest BCUT2D eigenvalue weighted by Crippen LogP contribution is -2.61. The van der Waals surface area contributed by atoms with E-state index in [1.165, 1.54) is 34.1 Å². The molecule has 6 rings (SSSR count). The molecule has 0 saturated carbocycles. The Hall–Kier alpha value is -9.88. The Morgan fingerprint density at radius 2 is 1.06 bits per heavy atom. The predicted molar refractivity (Wildman–Crippen MR) is 327 cm³/mol. The molecule has 93 heavy (non-hydrogen) atoms. The normalized spacial score (nSPS) is 17.9. The fourth-order valence-electron chi connectivity index (χ4n) is 10.6. The number of hydrogen-bond donors (Lipinski definition) is 14. The minimum Gasteiger partial charge on any atom is -0.508 e. The van der Waals surface area contributed by atoms with Crippen LogP contribution in [0.4, 0.5) is 13.2 Å². The molecule has 3 aromatic rings. The van der Waals surface area contributed by atoms with E-state index in [2.05, 4.69) is 47.5 Å². The zero-order valence-electron chi connectivity index (χ0n) is 51.3. The summed E-state index contributed by atoms with van der Waals surface area (Å²) in [5, 5.41) is 49.1. The molecule has 0 radical (unpaired) electrons. The van der Waals surface area contributed by atoms with Crippen molar-refractivity contribution in [1.29, 1.82) is 0 Å². The van der Waals surface area contributed by atoms with Gasteiger partial charge in [0.05, 0.1) is 13.2 Å². The fraction of sp³-hybridized carbons (Fsp3) is 0.492. The number of carboxylic acid groups (broad SMARTS) is 1. The van der Waals surface area contributed by atoms with Crippen molar-refractivity contribution in [2.24, 2.45) is 28.1 Å². The Balaban J connectivity index is 0.00000211. The minimum absolute atomic E-state index is 0.0107. The van der Waals surface area contributed by atoms with Crippen molar-refractivity contribution in [3.63, 3.8) is 0 Å². The van der Waals surface area contributed by atoms with Crippen molar-refractivity contribution in [3.8, 4) is 5.75 Å². The second-order valence-corrected chi connectivity index (χ2v) is 22.9. The van der Waals surface area contributed by atoms with E-state index in [0.717, 1.165) is 0 Å². The Labute approximate surface area is 533 Å². The number of carboxylic acids is 1. The summed E-state index contributed by atoms with van der Waals surface area (Å²) in [4.78, 5) is 166. The number of aliphatic hydroxyl groups is 1. The van der Waals surface area contributed by atoms with Crippen LogP contribution in [-0.2, 0) is 76.8 Å². The Morgan fingerprint density at radius 1 is 0.613 bits per heavy atom. The molecule has 3 aromatic carbocycles. The average Bonchev–Trinajstić information content (AvgIpc) is 1.90. The molecule has 32 heteroatoms. The van der Waals surface area contributed by atoms with E-state index in [1.54, 1.807) is 74.5 Å². The SMILES string of the molecule is CC(C)CC(NC(=O)C(Cc1ccccc1)NC(=O)C(Cc1ccc(O)cc1)NC(=O)C(CO)NC(=O)C1CCCN1C(=O)C(Cc1ccccc1)NC(=O)C1CCC(=O)N1)C(=O)NC(CCCN=C(N)N)C(=O)N1CCCC1C(=O)NCC(N)=O.O=C(O)C(F)(F)F. The van der Waals surface area contributed by atoms with Crippen LogP contribution in [0.5, 0.6) is 5.75 Å². The van der Waals surface area contributed by atoms with Crippen molar-refractivity contribution in [1.82, 2.24) is 52.3 Å². The third-order valence-electron chi connectivity index (χ3n) is 15.2. The van der Waals surface area contributed by atoms with E-state index in [-0.39, 0.29) is 107 Å². The van der Waals surface area contributed by atoms with Crippen molar-refractivity contribution in [3.05, 3.63) is 102 Å². The third kappa shape index (κ3) is 23.7. The monoisotopic (exact) mass is 1310 g/mol. The van der Waals surface area contributed by atoms with Gasteiger partial charge in [0.25, 0.3) is 0 Å². The van der Waals surface area contributed by atoms with Gasteiger partial charge < -0.3 is 84.9 Å². The van der Waals surface area contributed by atoms with Gasteiger partial charge in [0, 0.05) is 45.3 Å². The zero-order chi connectivity index (χ0) is 68.5. The summed E-state index contributed by atoms with van der Waals surface area (Å²) in [6.45, 7) is 2.57. The van der Waals surface area contributed by atoms with Gasteiger partial charge in [-0.3, -0.25) is 57.7 Å². The number of likely N-dealkylation sites (tertiary alicyclic amines) is 2. The number of amides is 11. The number of phenolic OH excluding ortho intramolecular Hbond substituents is 1. The van der Waals surface area contributed by atoms with Crippen LogP contribution in [0.15, 0.2) is 89.9 Å². The number of nitrogens with zero attached hydrogens (tertiary/aromatic N) is 3. The van der Waals surface area contributed by atoms with Crippen molar-refractivity contribution in [2.45, 2.75) is 151 Å². The van der Waals surface area contributed by atoms with Gasteiger partial charge in [-0.1, -0.05) is 86.6 Å². The smallest absolute Gasteiger partial charge is 0.490 e. The molecule has 0 spiro atoms. The summed E-state index contributed by atoms with van der Waals surface area (Å²) in [7, 11) is 0. The van der Waals surface area contributed by atoms with Crippen LogP contribution in [0.3, 0.4) is 0 Å². The first kappa shape index (κ1) is 73.9. The molecular weight excluding hydrogens is 1230 g/mol.